The van der Waals surface area contributed by atoms with Crippen molar-refractivity contribution < 1.29 is 18.3 Å². The minimum Gasteiger partial charge on any atom is -0.487 e. The van der Waals surface area contributed by atoms with Crippen molar-refractivity contribution in [2.75, 3.05) is 29.4 Å². The average Bonchev–Trinajstić information content (AvgIpc) is 2.91. The lowest BCUT2D eigenvalue weighted by molar-refractivity contribution is 0.272. The largest absolute Gasteiger partial charge is 0.487 e. The van der Waals surface area contributed by atoms with Gasteiger partial charge in [-0.3, -0.25) is 4.31 Å². The molecular weight excluding hydrogens is 328 g/mol. The Hall–Kier alpha value is -2.25. The summed E-state index contributed by atoms with van der Waals surface area (Å²) in [7, 11) is -3.43. The standard InChI is InChI=1S/C17H20N2O4S/c1-24(21,22)19-9-13(10-20)14-7-15(18)17(8-16(14)19)23-11-12-5-3-2-4-6-12/h2-8,13,20H,9-11,18H2,1H3. The number of ether oxygens (including phenoxy) is 1. The van der Waals surface area contributed by atoms with Gasteiger partial charge < -0.3 is 15.6 Å². The lowest BCUT2D eigenvalue weighted by Crippen LogP contribution is -2.29. The van der Waals surface area contributed by atoms with Crippen LogP contribution in [-0.4, -0.2) is 32.9 Å². The van der Waals surface area contributed by atoms with Crippen LogP contribution in [0.25, 0.3) is 0 Å². The lowest BCUT2D eigenvalue weighted by atomic mass is 10.0. The molecule has 2 aromatic carbocycles. The van der Waals surface area contributed by atoms with Gasteiger partial charge in [0.05, 0.1) is 24.2 Å². The summed E-state index contributed by atoms with van der Waals surface area (Å²) in [5.74, 6) is 0.157. The van der Waals surface area contributed by atoms with Crippen molar-refractivity contribution in [3.05, 3.63) is 53.6 Å². The summed E-state index contributed by atoms with van der Waals surface area (Å²) in [4.78, 5) is 0. The summed E-state index contributed by atoms with van der Waals surface area (Å²) in [5, 5.41) is 9.51. The predicted octanol–water partition coefficient (Wildman–Crippen LogP) is 1.70. The van der Waals surface area contributed by atoms with Crippen LogP contribution in [0.15, 0.2) is 42.5 Å². The molecule has 1 heterocycles. The van der Waals surface area contributed by atoms with Crippen molar-refractivity contribution in [3.63, 3.8) is 0 Å². The van der Waals surface area contributed by atoms with Gasteiger partial charge in [-0.05, 0) is 17.2 Å². The molecule has 0 spiro atoms. The van der Waals surface area contributed by atoms with Gasteiger partial charge >= 0.3 is 0 Å². The van der Waals surface area contributed by atoms with Crippen LogP contribution in [-0.2, 0) is 16.6 Å². The minimum atomic E-state index is -3.43. The highest BCUT2D eigenvalue weighted by molar-refractivity contribution is 7.92. The fraction of sp³-hybridized carbons (Fsp3) is 0.294. The van der Waals surface area contributed by atoms with E-state index in [1.54, 1.807) is 12.1 Å². The summed E-state index contributed by atoms with van der Waals surface area (Å²) in [6, 6.07) is 13.0. The second-order valence-electron chi connectivity index (χ2n) is 5.90. The summed E-state index contributed by atoms with van der Waals surface area (Å²) < 4.78 is 31.1. The van der Waals surface area contributed by atoms with Crippen LogP contribution in [0.2, 0.25) is 0 Å². The Balaban J connectivity index is 1.93. The summed E-state index contributed by atoms with van der Waals surface area (Å²) >= 11 is 0. The monoisotopic (exact) mass is 348 g/mol. The van der Waals surface area contributed by atoms with E-state index < -0.39 is 10.0 Å². The number of fused-ring (bicyclic) bond motifs is 1. The van der Waals surface area contributed by atoms with E-state index in [0.717, 1.165) is 17.4 Å². The van der Waals surface area contributed by atoms with Crippen LogP contribution in [0, 0.1) is 0 Å². The number of anilines is 2. The number of aliphatic hydroxyl groups is 1. The maximum absolute atomic E-state index is 12.0. The van der Waals surface area contributed by atoms with E-state index >= 15 is 0 Å². The Labute approximate surface area is 141 Å². The lowest BCUT2D eigenvalue weighted by Gasteiger charge is -2.18. The van der Waals surface area contributed by atoms with E-state index in [0.29, 0.717) is 23.7 Å². The fourth-order valence-electron chi connectivity index (χ4n) is 2.87. The normalized spacial score (nSPS) is 16.9. The molecule has 1 unspecified atom stereocenters. The molecule has 3 rings (SSSR count). The molecule has 0 radical (unpaired) electrons. The second-order valence-corrected chi connectivity index (χ2v) is 7.80. The highest BCUT2D eigenvalue weighted by atomic mass is 32.2. The molecule has 0 saturated heterocycles. The maximum atomic E-state index is 12.0. The Morgan fingerprint density at radius 2 is 2.00 bits per heavy atom. The highest BCUT2D eigenvalue weighted by Crippen LogP contribution is 2.42. The Bertz CT molecular complexity index is 837. The Kier molecular flexibility index (Phi) is 4.38. The third-order valence-electron chi connectivity index (χ3n) is 4.11. The molecule has 128 valence electrons. The van der Waals surface area contributed by atoms with Crippen LogP contribution in [0.1, 0.15) is 17.0 Å². The van der Waals surface area contributed by atoms with Crippen LogP contribution in [0.3, 0.4) is 0 Å². The summed E-state index contributed by atoms with van der Waals surface area (Å²) in [6.07, 6.45) is 1.15. The van der Waals surface area contributed by atoms with Crippen molar-refractivity contribution in [1.29, 1.82) is 0 Å². The molecule has 6 nitrogen and oxygen atoms in total. The van der Waals surface area contributed by atoms with E-state index in [1.165, 1.54) is 4.31 Å². The van der Waals surface area contributed by atoms with Gasteiger partial charge in [-0.15, -0.1) is 0 Å². The SMILES string of the molecule is CS(=O)(=O)N1CC(CO)c2cc(N)c(OCc3ccccc3)cc21. The Morgan fingerprint density at radius 3 is 2.62 bits per heavy atom. The van der Waals surface area contributed by atoms with Gasteiger partial charge in [-0.1, -0.05) is 30.3 Å². The van der Waals surface area contributed by atoms with Gasteiger partial charge in [0, 0.05) is 18.5 Å². The topological polar surface area (TPSA) is 92.9 Å². The van der Waals surface area contributed by atoms with E-state index in [2.05, 4.69) is 0 Å². The number of aliphatic hydroxyl groups excluding tert-OH is 1. The predicted molar refractivity (Wildman–Crippen MR) is 93.6 cm³/mol. The molecule has 0 amide bonds. The molecule has 1 aliphatic heterocycles. The molecule has 7 heteroatoms. The van der Waals surface area contributed by atoms with E-state index in [1.807, 2.05) is 30.3 Å². The van der Waals surface area contributed by atoms with Gasteiger partial charge in [-0.2, -0.15) is 0 Å². The molecule has 1 aliphatic rings. The number of nitrogens with zero attached hydrogens (tertiary/aromatic N) is 1. The molecule has 0 aliphatic carbocycles. The zero-order valence-electron chi connectivity index (χ0n) is 13.3. The quantitative estimate of drug-likeness (QED) is 0.803. The van der Waals surface area contributed by atoms with Crippen molar-refractivity contribution in [3.8, 4) is 5.75 Å². The Morgan fingerprint density at radius 1 is 1.29 bits per heavy atom. The first kappa shape index (κ1) is 16.6. The first-order valence-corrected chi connectivity index (χ1v) is 9.43. The van der Waals surface area contributed by atoms with E-state index in [4.69, 9.17) is 10.5 Å². The maximum Gasteiger partial charge on any atom is 0.232 e. The van der Waals surface area contributed by atoms with Gasteiger partial charge in [0.25, 0.3) is 0 Å². The fourth-order valence-corrected chi connectivity index (χ4v) is 3.84. The molecule has 3 N–H and O–H groups in total. The van der Waals surface area contributed by atoms with Crippen molar-refractivity contribution in [2.24, 2.45) is 0 Å². The van der Waals surface area contributed by atoms with Crippen molar-refractivity contribution in [1.82, 2.24) is 0 Å². The minimum absolute atomic E-state index is 0.136. The summed E-state index contributed by atoms with van der Waals surface area (Å²) in [5.41, 5.74) is 8.73. The van der Waals surface area contributed by atoms with Crippen LogP contribution >= 0.6 is 0 Å². The molecule has 1 atom stereocenters. The van der Waals surface area contributed by atoms with Crippen LogP contribution in [0.5, 0.6) is 5.75 Å². The zero-order valence-corrected chi connectivity index (χ0v) is 14.2. The first-order chi connectivity index (χ1) is 11.4. The van der Waals surface area contributed by atoms with Gasteiger partial charge in [0.15, 0.2) is 0 Å². The van der Waals surface area contributed by atoms with Gasteiger partial charge in [0.2, 0.25) is 10.0 Å². The molecule has 24 heavy (non-hydrogen) atoms. The number of nitrogen functional groups attached to an aromatic ring is 1. The summed E-state index contributed by atoms with van der Waals surface area (Å²) in [6.45, 7) is 0.418. The zero-order chi connectivity index (χ0) is 17.3. The molecule has 0 fully saturated rings. The first-order valence-electron chi connectivity index (χ1n) is 7.59. The number of hydrogen-bond acceptors (Lipinski definition) is 5. The third kappa shape index (κ3) is 3.18. The van der Waals surface area contributed by atoms with Crippen molar-refractivity contribution in [2.45, 2.75) is 12.5 Å². The molecule has 0 saturated carbocycles. The molecule has 0 aromatic heterocycles. The smallest absolute Gasteiger partial charge is 0.232 e. The van der Waals surface area contributed by atoms with E-state index in [-0.39, 0.29) is 19.1 Å². The third-order valence-corrected chi connectivity index (χ3v) is 5.26. The van der Waals surface area contributed by atoms with Crippen LogP contribution in [0.4, 0.5) is 11.4 Å². The molecular formula is C17H20N2O4S. The highest BCUT2D eigenvalue weighted by Gasteiger charge is 2.34. The number of nitrogens with two attached hydrogens (primary N) is 1. The molecule has 0 bridgehead atoms. The second kappa shape index (κ2) is 6.33. The molecule has 2 aromatic rings. The van der Waals surface area contributed by atoms with Gasteiger partial charge in [0.1, 0.15) is 12.4 Å². The number of sulfonamides is 1. The van der Waals surface area contributed by atoms with E-state index in [9.17, 15) is 13.5 Å². The number of benzene rings is 2. The van der Waals surface area contributed by atoms with Gasteiger partial charge in [-0.25, -0.2) is 8.42 Å². The number of hydrogen-bond donors (Lipinski definition) is 2. The van der Waals surface area contributed by atoms with Crippen LogP contribution < -0.4 is 14.8 Å². The average molecular weight is 348 g/mol. The number of rotatable bonds is 5. The van der Waals surface area contributed by atoms with Crippen molar-refractivity contribution >= 4 is 21.4 Å².